The normalized spacial score (nSPS) is 35.0. The zero-order valence-electron chi connectivity index (χ0n) is 14.5. The molecule has 1 rings (SSSR count). The summed E-state index contributed by atoms with van der Waals surface area (Å²) in [5.74, 6) is -4.14. The second-order valence-corrected chi connectivity index (χ2v) is 6.03. The van der Waals surface area contributed by atoms with Crippen LogP contribution >= 0.6 is 0 Å². The number of azide groups is 1. The van der Waals surface area contributed by atoms with Gasteiger partial charge in [-0.15, -0.1) is 0 Å². The molecule has 1 unspecified atom stereocenters. The Bertz CT molecular complexity index is 690. The SMILES string of the molecule is CC(=O)N[C@@H]1[C@H](N=[N+]=[N-])O[C@H](C(O)C(C)=O)[C@](O)(C(C)=O)[C@@]1(O)C(C)=O. The van der Waals surface area contributed by atoms with Crippen molar-refractivity contribution in [3.63, 3.8) is 0 Å². The average molecular weight is 372 g/mol. The first-order valence-corrected chi connectivity index (χ1v) is 7.47. The molecule has 1 fully saturated rings. The van der Waals surface area contributed by atoms with Gasteiger partial charge in [0.2, 0.25) is 5.91 Å². The van der Waals surface area contributed by atoms with Gasteiger partial charge < -0.3 is 25.4 Å². The molecule has 0 aromatic rings. The minimum atomic E-state index is -3.11. The van der Waals surface area contributed by atoms with E-state index in [1.54, 1.807) is 0 Å². The van der Waals surface area contributed by atoms with Gasteiger partial charge >= 0.3 is 0 Å². The summed E-state index contributed by atoms with van der Waals surface area (Å²) in [7, 11) is 0. The Kier molecular flexibility index (Phi) is 6.23. The van der Waals surface area contributed by atoms with E-state index in [9.17, 15) is 34.5 Å². The van der Waals surface area contributed by atoms with E-state index in [0.29, 0.717) is 0 Å². The molecule has 144 valence electrons. The Labute approximate surface area is 147 Å². The Hall–Kier alpha value is -2.37. The van der Waals surface area contributed by atoms with Crippen molar-refractivity contribution in [2.75, 3.05) is 0 Å². The number of ketones is 3. The highest BCUT2D eigenvalue weighted by Gasteiger charge is 2.71. The molecule has 0 saturated carbocycles. The largest absolute Gasteiger partial charge is 0.382 e. The minimum Gasteiger partial charge on any atom is -0.382 e. The number of nitrogens with zero attached hydrogens (tertiary/aromatic N) is 3. The Balaban J connectivity index is 3.80. The average Bonchev–Trinajstić information content (AvgIpc) is 2.52. The Morgan fingerprint density at radius 1 is 1.12 bits per heavy atom. The molecule has 0 radical (unpaired) electrons. The summed E-state index contributed by atoms with van der Waals surface area (Å²) in [4.78, 5) is 50.0. The van der Waals surface area contributed by atoms with Gasteiger partial charge in [0.15, 0.2) is 34.8 Å². The van der Waals surface area contributed by atoms with E-state index in [0.717, 1.165) is 27.7 Å². The summed E-state index contributed by atoms with van der Waals surface area (Å²) in [6, 6.07) is -1.86. The van der Waals surface area contributed by atoms with E-state index < -0.39 is 58.9 Å². The highest BCUT2D eigenvalue weighted by molar-refractivity contribution is 6.00. The van der Waals surface area contributed by atoms with Gasteiger partial charge in [-0.2, -0.15) is 0 Å². The van der Waals surface area contributed by atoms with Gasteiger partial charge in [-0.1, -0.05) is 5.11 Å². The maximum atomic E-state index is 12.2. The summed E-state index contributed by atoms with van der Waals surface area (Å²) >= 11 is 0. The molecule has 0 bridgehead atoms. The topological polar surface area (TPSA) is 199 Å². The molecule has 12 heteroatoms. The lowest BCUT2D eigenvalue weighted by Crippen LogP contribution is -2.83. The van der Waals surface area contributed by atoms with Crippen molar-refractivity contribution < 1.29 is 39.2 Å². The summed E-state index contributed by atoms with van der Waals surface area (Å²) in [5.41, 5.74) is 2.53. The van der Waals surface area contributed by atoms with Crippen LogP contribution < -0.4 is 5.32 Å². The third-order valence-electron chi connectivity index (χ3n) is 4.32. The number of hydrogen-bond donors (Lipinski definition) is 4. The third-order valence-corrected chi connectivity index (χ3v) is 4.32. The van der Waals surface area contributed by atoms with Crippen LogP contribution in [0.1, 0.15) is 27.7 Å². The van der Waals surface area contributed by atoms with Crippen molar-refractivity contribution >= 4 is 23.3 Å². The monoisotopic (exact) mass is 372 g/mol. The van der Waals surface area contributed by atoms with Gasteiger partial charge in [-0.05, 0) is 26.3 Å². The van der Waals surface area contributed by atoms with Crippen molar-refractivity contribution in [1.29, 1.82) is 0 Å². The van der Waals surface area contributed by atoms with Gasteiger partial charge in [0.25, 0.3) is 0 Å². The number of rotatable bonds is 6. The zero-order valence-corrected chi connectivity index (χ0v) is 14.5. The number of ether oxygens (including phenoxy) is 1. The number of carbonyl (C=O) groups is 4. The molecule has 0 aliphatic carbocycles. The van der Waals surface area contributed by atoms with Crippen LogP contribution in [0.3, 0.4) is 0 Å². The second-order valence-electron chi connectivity index (χ2n) is 6.03. The summed E-state index contributed by atoms with van der Waals surface area (Å²) in [6.45, 7) is 3.55. The summed E-state index contributed by atoms with van der Waals surface area (Å²) in [5, 5.41) is 37.3. The van der Waals surface area contributed by atoms with E-state index in [4.69, 9.17) is 10.3 Å². The van der Waals surface area contributed by atoms with E-state index in [-0.39, 0.29) is 0 Å². The lowest BCUT2D eigenvalue weighted by atomic mass is 9.65. The van der Waals surface area contributed by atoms with Gasteiger partial charge in [0.05, 0.1) is 0 Å². The molecular weight excluding hydrogens is 352 g/mol. The fraction of sp³-hybridized carbons (Fsp3) is 0.714. The Morgan fingerprint density at radius 2 is 1.62 bits per heavy atom. The lowest BCUT2D eigenvalue weighted by molar-refractivity contribution is -0.277. The van der Waals surface area contributed by atoms with Crippen LogP contribution in [0, 0.1) is 0 Å². The van der Waals surface area contributed by atoms with Gasteiger partial charge in [0, 0.05) is 11.8 Å². The smallest absolute Gasteiger partial charge is 0.217 e. The number of amides is 1. The number of carbonyl (C=O) groups excluding carboxylic acids is 4. The second kappa shape index (κ2) is 7.48. The van der Waals surface area contributed by atoms with E-state index >= 15 is 0 Å². The first-order valence-electron chi connectivity index (χ1n) is 7.47. The fourth-order valence-electron chi connectivity index (χ4n) is 3.00. The number of hydrogen-bond acceptors (Lipinski definition) is 9. The lowest BCUT2D eigenvalue weighted by Gasteiger charge is -2.54. The van der Waals surface area contributed by atoms with Crippen molar-refractivity contribution in [1.82, 2.24) is 5.32 Å². The summed E-state index contributed by atoms with van der Waals surface area (Å²) in [6.07, 6.45) is -6.08. The van der Waals surface area contributed by atoms with Gasteiger partial charge in [0.1, 0.15) is 18.2 Å². The molecule has 0 aromatic carbocycles. The van der Waals surface area contributed by atoms with Crippen LogP contribution in [0.4, 0.5) is 0 Å². The molecule has 4 N–H and O–H groups in total. The first-order chi connectivity index (χ1) is 11.8. The quantitative estimate of drug-likeness (QED) is 0.235. The molecule has 1 aliphatic rings. The number of Topliss-reactive ketones (excluding diaryl/α,β-unsaturated/α-hetero) is 3. The fourth-order valence-corrected chi connectivity index (χ4v) is 3.00. The molecule has 1 amide bonds. The predicted molar refractivity (Wildman–Crippen MR) is 83.4 cm³/mol. The van der Waals surface area contributed by atoms with Crippen molar-refractivity contribution in [2.24, 2.45) is 5.11 Å². The molecule has 12 nitrogen and oxygen atoms in total. The molecule has 1 aliphatic heterocycles. The molecule has 1 saturated heterocycles. The zero-order chi connectivity index (χ0) is 20.4. The highest BCUT2D eigenvalue weighted by Crippen LogP contribution is 2.41. The maximum Gasteiger partial charge on any atom is 0.217 e. The highest BCUT2D eigenvalue weighted by atomic mass is 16.6. The molecule has 1 heterocycles. The molecular formula is C14H20N4O8. The Morgan fingerprint density at radius 3 is 1.96 bits per heavy atom. The van der Waals surface area contributed by atoms with E-state index in [1.807, 2.05) is 0 Å². The predicted octanol–water partition coefficient (Wildman–Crippen LogP) is -1.88. The van der Waals surface area contributed by atoms with Crippen LogP contribution in [-0.2, 0) is 23.9 Å². The first kappa shape index (κ1) is 21.7. The van der Waals surface area contributed by atoms with E-state index in [2.05, 4.69) is 15.3 Å². The minimum absolute atomic E-state index is 0.798. The van der Waals surface area contributed by atoms with Crippen LogP contribution in [0.15, 0.2) is 5.11 Å². The standard InChI is InChI=1S/C14H20N4O8/c1-5(19)9(23)11-14(25,7(3)21)13(24,6(2)20)10(16-8(4)22)12(26-11)17-18-15/h9-12,23-25H,1-4H3,(H,16,22)/t9?,10-,11-,12-,13-,14-/m1/s1. The third kappa shape index (κ3) is 3.20. The van der Waals surface area contributed by atoms with Crippen LogP contribution in [0.5, 0.6) is 0 Å². The van der Waals surface area contributed by atoms with Crippen LogP contribution in [0.25, 0.3) is 10.4 Å². The number of nitrogens with one attached hydrogen (secondary N) is 1. The van der Waals surface area contributed by atoms with Crippen LogP contribution in [0.2, 0.25) is 0 Å². The van der Waals surface area contributed by atoms with Gasteiger partial charge in [-0.25, -0.2) is 0 Å². The van der Waals surface area contributed by atoms with Crippen molar-refractivity contribution in [3.8, 4) is 0 Å². The van der Waals surface area contributed by atoms with Crippen molar-refractivity contribution in [3.05, 3.63) is 10.4 Å². The van der Waals surface area contributed by atoms with Crippen molar-refractivity contribution in [2.45, 2.75) is 63.4 Å². The summed E-state index contributed by atoms with van der Waals surface area (Å²) < 4.78 is 5.20. The van der Waals surface area contributed by atoms with Gasteiger partial charge in [-0.3, -0.25) is 19.2 Å². The number of aliphatic hydroxyl groups is 3. The molecule has 26 heavy (non-hydrogen) atoms. The van der Waals surface area contributed by atoms with E-state index in [1.165, 1.54) is 0 Å². The molecule has 0 aromatic heterocycles. The molecule has 6 atom stereocenters. The maximum absolute atomic E-state index is 12.2. The van der Waals surface area contributed by atoms with Crippen LogP contribution in [-0.4, -0.2) is 74.3 Å². The molecule has 0 spiro atoms. The number of aliphatic hydroxyl groups excluding tert-OH is 1.